The molecule has 208 valence electrons. The number of nitrogens with two attached hydrogens (primary N) is 1. The summed E-state index contributed by atoms with van der Waals surface area (Å²) in [6.45, 7) is 5.49. The smallest absolute Gasteiger partial charge is 0.293 e. The van der Waals surface area contributed by atoms with E-state index < -0.39 is 5.56 Å². The molecule has 2 aliphatic rings. The molecule has 0 spiro atoms. The molecule has 0 atom stereocenters. The molecular weight excluding hydrogens is 551 g/mol. The van der Waals surface area contributed by atoms with Gasteiger partial charge in [-0.2, -0.15) is 0 Å². The monoisotopic (exact) mass is 580 g/mol. The molecule has 2 aromatic heterocycles. The number of nitrogen functional groups attached to an aromatic ring is 1. The zero-order valence-corrected chi connectivity index (χ0v) is 23.4. The van der Waals surface area contributed by atoms with Crippen molar-refractivity contribution in [2.24, 2.45) is 5.92 Å². The van der Waals surface area contributed by atoms with Gasteiger partial charge in [0.25, 0.3) is 5.56 Å². The molecule has 4 heterocycles. The van der Waals surface area contributed by atoms with E-state index in [-0.39, 0.29) is 22.9 Å². The van der Waals surface area contributed by atoms with Gasteiger partial charge >= 0.3 is 0 Å². The van der Waals surface area contributed by atoms with Gasteiger partial charge < -0.3 is 25.5 Å². The SMILES string of the molecule is Nc1nc(-c2ccc(N3CCNCC3)cc2)nc2c1cc(-c1c(Cl)cccc1Cl)c(=O)n2OCC1CCOCC1. The summed E-state index contributed by atoms with van der Waals surface area (Å²) in [6.07, 6.45) is 1.70. The van der Waals surface area contributed by atoms with Gasteiger partial charge in [0.05, 0.1) is 21.0 Å². The maximum atomic E-state index is 13.9. The highest BCUT2D eigenvalue weighted by Crippen LogP contribution is 2.35. The first kappa shape index (κ1) is 26.8. The van der Waals surface area contributed by atoms with Crippen LogP contribution in [0.1, 0.15) is 12.8 Å². The number of hydrogen-bond donors (Lipinski definition) is 2. The minimum Gasteiger partial charge on any atom is -0.408 e. The van der Waals surface area contributed by atoms with Crippen molar-refractivity contribution in [3.05, 3.63) is 68.9 Å². The Morgan fingerprint density at radius 1 is 1.02 bits per heavy atom. The molecule has 0 radical (unpaired) electrons. The molecule has 3 N–H and O–H groups in total. The van der Waals surface area contributed by atoms with Crippen LogP contribution < -0.4 is 26.3 Å². The van der Waals surface area contributed by atoms with Gasteiger partial charge in [0.2, 0.25) is 0 Å². The van der Waals surface area contributed by atoms with Crippen molar-refractivity contribution in [1.82, 2.24) is 20.0 Å². The topological polar surface area (TPSA) is 108 Å². The van der Waals surface area contributed by atoms with Crippen LogP contribution in [0.2, 0.25) is 10.0 Å². The second kappa shape index (κ2) is 11.6. The van der Waals surface area contributed by atoms with Gasteiger partial charge in [-0.15, -0.1) is 4.73 Å². The number of rotatable bonds is 6. The highest BCUT2D eigenvalue weighted by Gasteiger charge is 2.22. The number of halogens is 2. The minimum absolute atomic E-state index is 0.221. The van der Waals surface area contributed by atoms with E-state index in [1.54, 1.807) is 24.3 Å². The zero-order chi connectivity index (χ0) is 27.6. The van der Waals surface area contributed by atoms with Crippen LogP contribution in [0, 0.1) is 5.92 Å². The first-order valence-corrected chi connectivity index (χ1v) is 14.2. The number of nitrogens with one attached hydrogen (secondary N) is 1. The van der Waals surface area contributed by atoms with Crippen LogP contribution in [0.25, 0.3) is 33.5 Å². The van der Waals surface area contributed by atoms with E-state index in [0.717, 1.165) is 50.3 Å². The van der Waals surface area contributed by atoms with Crippen molar-refractivity contribution >= 4 is 45.7 Å². The van der Waals surface area contributed by atoms with E-state index in [1.807, 2.05) is 12.1 Å². The molecule has 0 saturated carbocycles. The molecule has 0 amide bonds. The van der Waals surface area contributed by atoms with Crippen molar-refractivity contribution in [3.8, 4) is 22.5 Å². The first-order chi connectivity index (χ1) is 19.5. The summed E-state index contributed by atoms with van der Waals surface area (Å²) in [7, 11) is 0. The van der Waals surface area contributed by atoms with Crippen molar-refractivity contribution in [2.75, 3.05) is 56.6 Å². The second-order valence-corrected chi connectivity index (χ2v) is 10.9. The third kappa shape index (κ3) is 5.34. The Labute approximate surface area is 241 Å². The predicted molar refractivity (Wildman–Crippen MR) is 159 cm³/mol. The molecule has 11 heteroatoms. The lowest BCUT2D eigenvalue weighted by Gasteiger charge is -2.29. The van der Waals surface area contributed by atoms with Crippen molar-refractivity contribution in [3.63, 3.8) is 0 Å². The summed E-state index contributed by atoms with van der Waals surface area (Å²) in [5, 5.41) is 4.54. The van der Waals surface area contributed by atoms with Gasteiger partial charge in [0.1, 0.15) is 12.4 Å². The van der Waals surface area contributed by atoms with E-state index in [9.17, 15) is 4.79 Å². The fourth-order valence-electron chi connectivity index (χ4n) is 5.20. The van der Waals surface area contributed by atoms with E-state index in [0.29, 0.717) is 46.6 Å². The van der Waals surface area contributed by atoms with Gasteiger partial charge in [0.15, 0.2) is 11.5 Å². The average molecular weight is 582 g/mol. The van der Waals surface area contributed by atoms with Crippen LogP contribution in [0.15, 0.2) is 53.3 Å². The van der Waals surface area contributed by atoms with E-state index >= 15 is 0 Å². The van der Waals surface area contributed by atoms with Crippen LogP contribution in [-0.4, -0.2) is 60.7 Å². The minimum atomic E-state index is -0.423. The second-order valence-electron chi connectivity index (χ2n) is 10.1. The van der Waals surface area contributed by atoms with Gasteiger partial charge in [0, 0.05) is 56.2 Å². The maximum absolute atomic E-state index is 13.9. The number of nitrogens with zero attached hydrogens (tertiary/aromatic N) is 4. The lowest BCUT2D eigenvalue weighted by atomic mass is 10.0. The van der Waals surface area contributed by atoms with E-state index in [1.165, 1.54) is 4.73 Å². The zero-order valence-electron chi connectivity index (χ0n) is 21.9. The summed E-state index contributed by atoms with van der Waals surface area (Å²) in [5.41, 5.74) is 8.96. The number of piperazine rings is 1. The van der Waals surface area contributed by atoms with Crippen molar-refractivity contribution in [2.45, 2.75) is 12.8 Å². The molecule has 0 unspecified atom stereocenters. The third-order valence-electron chi connectivity index (χ3n) is 7.47. The van der Waals surface area contributed by atoms with Gasteiger partial charge in [-0.1, -0.05) is 29.3 Å². The summed E-state index contributed by atoms with van der Waals surface area (Å²) in [5.74, 6) is 0.877. The van der Waals surface area contributed by atoms with Crippen molar-refractivity contribution in [1.29, 1.82) is 0 Å². The number of ether oxygens (including phenoxy) is 1. The molecule has 0 bridgehead atoms. The highest BCUT2D eigenvalue weighted by molar-refractivity contribution is 6.39. The fraction of sp³-hybridized carbons (Fsp3) is 0.345. The van der Waals surface area contributed by atoms with Gasteiger partial charge in [-0.05, 0) is 61.2 Å². The molecule has 0 aliphatic carbocycles. The average Bonchev–Trinajstić information content (AvgIpc) is 2.98. The Hall–Kier alpha value is -3.37. The quantitative estimate of drug-likeness (QED) is 0.348. The first-order valence-electron chi connectivity index (χ1n) is 13.4. The number of hydrogen-bond acceptors (Lipinski definition) is 8. The van der Waals surface area contributed by atoms with Crippen LogP contribution in [-0.2, 0) is 4.74 Å². The summed E-state index contributed by atoms with van der Waals surface area (Å²) < 4.78 is 6.70. The molecule has 6 rings (SSSR count). The Kier molecular flexibility index (Phi) is 7.80. The van der Waals surface area contributed by atoms with E-state index in [2.05, 4.69) is 27.3 Å². The molecule has 2 aromatic carbocycles. The number of pyridine rings is 1. The fourth-order valence-corrected chi connectivity index (χ4v) is 5.80. The molecule has 40 heavy (non-hydrogen) atoms. The van der Waals surface area contributed by atoms with Crippen molar-refractivity contribution < 1.29 is 9.57 Å². The number of benzene rings is 2. The standard InChI is InChI=1S/C29H30Cl2N6O3/c30-23-2-1-3-24(31)25(23)21-16-22-26(32)34-27(19-4-6-20(7-5-19)36-12-10-33-11-13-36)35-28(22)37(29(21)38)40-17-18-8-14-39-15-9-18/h1-7,16,18,33H,8-15,17H2,(H2,32,34,35). The Balaban J connectivity index is 1.45. The van der Waals surface area contributed by atoms with Crippen LogP contribution >= 0.6 is 23.2 Å². The van der Waals surface area contributed by atoms with Crippen LogP contribution in [0.3, 0.4) is 0 Å². The molecular formula is C29H30Cl2N6O3. The molecule has 9 nitrogen and oxygen atoms in total. The Morgan fingerprint density at radius 2 is 1.73 bits per heavy atom. The normalized spacial score (nSPS) is 16.4. The van der Waals surface area contributed by atoms with E-state index in [4.69, 9.17) is 43.5 Å². The number of fused-ring (bicyclic) bond motifs is 1. The Morgan fingerprint density at radius 3 is 2.42 bits per heavy atom. The molecule has 2 fully saturated rings. The maximum Gasteiger partial charge on any atom is 0.293 e. The van der Waals surface area contributed by atoms with Gasteiger partial charge in [-0.3, -0.25) is 4.79 Å². The summed E-state index contributed by atoms with van der Waals surface area (Å²) in [4.78, 5) is 31.8. The lowest BCUT2D eigenvalue weighted by molar-refractivity contribution is 0.0153. The lowest BCUT2D eigenvalue weighted by Crippen LogP contribution is -2.43. The Bertz CT molecular complexity index is 1560. The largest absolute Gasteiger partial charge is 0.408 e. The van der Waals surface area contributed by atoms with Gasteiger partial charge in [-0.25, -0.2) is 9.97 Å². The highest BCUT2D eigenvalue weighted by atomic mass is 35.5. The predicted octanol–water partition coefficient (Wildman–Crippen LogP) is 4.28. The summed E-state index contributed by atoms with van der Waals surface area (Å²) >= 11 is 13.0. The number of anilines is 2. The van der Waals surface area contributed by atoms with Crippen LogP contribution in [0.4, 0.5) is 11.5 Å². The summed E-state index contributed by atoms with van der Waals surface area (Å²) in [6, 6.07) is 14.8. The molecule has 4 aromatic rings. The molecule has 2 aliphatic heterocycles. The number of aromatic nitrogens is 3. The third-order valence-corrected chi connectivity index (χ3v) is 8.10. The van der Waals surface area contributed by atoms with Crippen LogP contribution in [0.5, 0.6) is 0 Å². The molecule has 2 saturated heterocycles.